The van der Waals surface area contributed by atoms with Crippen LogP contribution in [-0.2, 0) is 14.2 Å². The normalized spacial score (nSPS) is 11.1. The van der Waals surface area contributed by atoms with Crippen LogP contribution >= 0.6 is 0 Å². The van der Waals surface area contributed by atoms with E-state index in [9.17, 15) is 14.7 Å². The van der Waals surface area contributed by atoms with Gasteiger partial charge in [0.05, 0.1) is 38.7 Å². The van der Waals surface area contributed by atoms with Gasteiger partial charge in [0, 0.05) is 59.0 Å². The predicted molar refractivity (Wildman–Crippen MR) is 180 cm³/mol. The van der Waals surface area contributed by atoms with Gasteiger partial charge in [-0.25, -0.2) is 9.78 Å². The Morgan fingerprint density at radius 1 is 0.957 bits per heavy atom. The number of carbonyl (C=O) groups is 2. The number of ether oxygens (including phenoxy) is 4. The van der Waals surface area contributed by atoms with Gasteiger partial charge in [-0.1, -0.05) is 30.2 Å². The van der Waals surface area contributed by atoms with Gasteiger partial charge in [-0.2, -0.15) is 4.98 Å². The number of amides is 2. The number of anilines is 3. The number of benzene rings is 3. The number of rotatable bonds is 15. The predicted octanol–water partition coefficient (Wildman–Crippen LogP) is 5.84. The first kappa shape index (κ1) is 34.6. The maximum Gasteiger partial charge on any atom is 0.412 e. The van der Waals surface area contributed by atoms with Crippen molar-refractivity contribution in [2.75, 3.05) is 56.9 Å². The Kier molecular flexibility index (Phi) is 12.1. The maximum atomic E-state index is 12.9. The number of nitrogens with one attached hydrogen (secondary N) is 2. The summed E-state index contributed by atoms with van der Waals surface area (Å²) >= 11 is 0. The van der Waals surface area contributed by atoms with Gasteiger partial charge < -0.3 is 34.7 Å². The molecule has 1 aromatic heterocycles. The molecule has 246 valence electrons. The minimum atomic E-state index is -1.05. The van der Waals surface area contributed by atoms with Crippen molar-refractivity contribution in [2.24, 2.45) is 0 Å². The molecule has 1 heterocycles. The van der Waals surface area contributed by atoms with Crippen LogP contribution in [0.2, 0.25) is 0 Å². The number of hydrogen-bond donors (Lipinski definition) is 3. The molecule has 0 atom stereocenters. The van der Waals surface area contributed by atoms with Crippen molar-refractivity contribution >= 4 is 40.1 Å². The monoisotopic (exact) mass is 641 g/mol. The summed E-state index contributed by atoms with van der Waals surface area (Å²) in [5, 5.41) is 17.3. The van der Waals surface area contributed by atoms with Crippen molar-refractivity contribution in [1.82, 2.24) is 15.3 Å². The first-order valence-electron chi connectivity index (χ1n) is 15.0. The zero-order valence-corrected chi connectivity index (χ0v) is 26.9. The van der Waals surface area contributed by atoms with Crippen LogP contribution in [0.4, 0.5) is 22.1 Å². The van der Waals surface area contributed by atoms with E-state index in [0.29, 0.717) is 78.6 Å². The molecule has 0 fully saturated rings. The van der Waals surface area contributed by atoms with Crippen molar-refractivity contribution in [3.05, 3.63) is 78.0 Å². The highest BCUT2D eigenvalue weighted by Gasteiger charge is 2.29. The molecule has 12 nitrogen and oxygen atoms in total. The van der Waals surface area contributed by atoms with Crippen LogP contribution in [0.5, 0.6) is 11.6 Å². The molecule has 3 aromatic carbocycles. The third-order valence-corrected chi connectivity index (χ3v) is 6.76. The molecule has 0 aliphatic carbocycles. The molecule has 2 amide bonds. The van der Waals surface area contributed by atoms with Crippen LogP contribution in [0, 0.1) is 12.3 Å². The summed E-state index contributed by atoms with van der Waals surface area (Å²) in [6, 6.07) is 17.4. The topological polar surface area (TPSA) is 144 Å². The molecule has 47 heavy (non-hydrogen) atoms. The van der Waals surface area contributed by atoms with Crippen molar-refractivity contribution in [3.63, 3.8) is 0 Å². The van der Waals surface area contributed by atoms with Crippen molar-refractivity contribution in [2.45, 2.75) is 26.3 Å². The van der Waals surface area contributed by atoms with E-state index in [2.05, 4.69) is 26.5 Å². The molecule has 0 saturated heterocycles. The molecule has 3 N–H and O–H groups in total. The highest BCUT2D eigenvalue weighted by molar-refractivity contribution is 6.04. The van der Waals surface area contributed by atoms with Crippen molar-refractivity contribution < 1.29 is 33.6 Å². The van der Waals surface area contributed by atoms with Crippen LogP contribution < -0.4 is 20.3 Å². The van der Waals surface area contributed by atoms with E-state index in [-0.39, 0.29) is 17.7 Å². The molecule has 0 radical (unpaired) electrons. The van der Waals surface area contributed by atoms with E-state index >= 15 is 0 Å². The lowest BCUT2D eigenvalue weighted by atomic mass is 10.0. The summed E-state index contributed by atoms with van der Waals surface area (Å²) in [5.74, 6) is 3.21. The van der Waals surface area contributed by atoms with Crippen LogP contribution in [-0.4, -0.2) is 79.3 Å². The zero-order valence-electron chi connectivity index (χ0n) is 26.9. The van der Waals surface area contributed by atoms with Crippen molar-refractivity contribution in [1.29, 1.82) is 0 Å². The fourth-order valence-corrected chi connectivity index (χ4v) is 4.71. The minimum absolute atomic E-state index is 0.217. The molecule has 0 bridgehead atoms. The van der Waals surface area contributed by atoms with E-state index in [0.717, 1.165) is 0 Å². The molecular formula is C35H39N5O7. The average molecular weight is 642 g/mol. The minimum Gasteiger partial charge on any atom is -0.465 e. The second kappa shape index (κ2) is 16.4. The van der Waals surface area contributed by atoms with Gasteiger partial charge in [-0.3, -0.25) is 9.69 Å². The molecule has 0 spiro atoms. The van der Waals surface area contributed by atoms with Gasteiger partial charge in [0.2, 0.25) is 11.8 Å². The van der Waals surface area contributed by atoms with Gasteiger partial charge in [0.25, 0.3) is 5.91 Å². The number of aromatic nitrogens is 2. The summed E-state index contributed by atoms with van der Waals surface area (Å²) in [6.07, 6.45) is 6.15. The fourth-order valence-electron chi connectivity index (χ4n) is 4.71. The average Bonchev–Trinajstić information content (AvgIpc) is 3.04. The SMILES string of the molecule is C#Cc1cc(Nc2nccc(Oc3ccc(N(C(=O)O)C(C)(C)C)c4ccccc34)n2)cc(C(=O)NCCOCCOCCOC)c1. The third kappa shape index (κ3) is 9.64. The largest absolute Gasteiger partial charge is 0.465 e. The number of fused-ring (bicyclic) bond motifs is 1. The number of terminal acetylenes is 1. The van der Waals surface area contributed by atoms with Gasteiger partial charge in [-0.05, 0) is 51.1 Å². The molecule has 0 unspecified atom stereocenters. The molecular weight excluding hydrogens is 602 g/mol. The van der Waals surface area contributed by atoms with E-state index in [1.54, 1.807) is 43.5 Å². The number of methoxy groups -OCH3 is 1. The quantitative estimate of drug-likeness (QED) is 0.107. The van der Waals surface area contributed by atoms with Crippen LogP contribution in [0.3, 0.4) is 0 Å². The van der Waals surface area contributed by atoms with Gasteiger partial charge >= 0.3 is 6.09 Å². The Hall–Kier alpha value is -5.22. The lowest BCUT2D eigenvalue weighted by Gasteiger charge is -2.34. The molecule has 0 aliphatic rings. The highest BCUT2D eigenvalue weighted by Crippen LogP contribution is 2.38. The summed E-state index contributed by atoms with van der Waals surface area (Å²) in [7, 11) is 1.61. The molecule has 12 heteroatoms. The first-order valence-corrected chi connectivity index (χ1v) is 15.0. The smallest absolute Gasteiger partial charge is 0.412 e. The van der Waals surface area contributed by atoms with Crippen LogP contribution in [0.1, 0.15) is 36.7 Å². The van der Waals surface area contributed by atoms with Crippen molar-refractivity contribution in [3.8, 4) is 24.0 Å². The third-order valence-electron chi connectivity index (χ3n) is 6.76. The Morgan fingerprint density at radius 2 is 1.68 bits per heavy atom. The maximum absolute atomic E-state index is 12.9. The van der Waals surface area contributed by atoms with Crippen LogP contribution in [0.15, 0.2) is 66.9 Å². The Bertz CT molecular complexity index is 1730. The molecule has 4 rings (SSSR count). The molecule has 0 saturated carbocycles. The lowest BCUT2D eigenvalue weighted by molar-refractivity contribution is 0.0255. The second-order valence-electron chi connectivity index (χ2n) is 11.3. The summed E-state index contributed by atoms with van der Waals surface area (Å²) in [6.45, 7) is 8.02. The zero-order chi connectivity index (χ0) is 33.8. The van der Waals surface area contributed by atoms with E-state index in [4.69, 9.17) is 25.4 Å². The second-order valence-corrected chi connectivity index (χ2v) is 11.3. The summed E-state index contributed by atoms with van der Waals surface area (Å²) in [4.78, 5) is 35.2. The van der Waals surface area contributed by atoms with Gasteiger partial charge in [0.1, 0.15) is 5.75 Å². The van der Waals surface area contributed by atoms with E-state index in [1.165, 1.54) is 11.1 Å². The number of hydrogen-bond acceptors (Lipinski definition) is 9. The number of carbonyl (C=O) groups excluding carboxylic acids is 1. The van der Waals surface area contributed by atoms with E-state index in [1.807, 2.05) is 45.0 Å². The van der Waals surface area contributed by atoms with E-state index < -0.39 is 11.6 Å². The Labute approximate surface area is 274 Å². The van der Waals surface area contributed by atoms with Gasteiger partial charge in [0.15, 0.2) is 0 Å². The van der Waals surface area contributed by atoms with Crippen LogP contribution in [0.25, 0.3) is 10.8 Å². The molecule has 0 aliphatic heterocycles. The number of nitrogens with zero attached hydrogens (tertiary/aromatic N) is 3. The summed E-state index contributed by atoms with van der Waals surface area (Å²) in [5.41, 5.74) is 1.24. The van der Waals surface area contributed by atoms with Gasteiger partial charge in [-0.15, -0.1) is 6.42 Å². The molecule has 4 aromatic rings. The number of carboxylic acid groups (broad SMARTS) is 1. The standard InChI is InChI=1S/C35H39N5O7/c1-6-24-21-25(32(41)36-15-16-45-19-20-46-18-17-44-5)23-26(22-24)38-33-37-14-13-31(39-33)47-30-12-11-29(27-9-7-8-10-28(27)30)40(34(42)43)35(2,3)4/h1,7-14,21-23H,15-20H2,2-5H3,(H,36,41)(H,42,43)(H,37,38,39). The summed E-state index contributed by atoms with van der Waals surface area (Å²) < 4.78 is 21.9. The highest BCUT2D eigenvalue weighted by atomic mass is 16.5. The fraction of sp³-hybridized carbons (Fsp3) is 0.314. The Balaban J connectivity index is 1.45. The lowest BCUT2D eigenvalue weighted by Crippen LogP contribution is -2.45. The first-order chi connectivity index (χ1) is 22.6. The Morgan fingerprint density at radius 3 is 2.38 bits per heavy atom.